The number of pyridine rings is 1. The van der Waals surface area contributed by atoms with Gasteiger partial charge in [0.1, 0.15) is 5.82 Å². The van der Waals surface area contributed by atoms with Crippen molar-refractivity contribution < 1.29 is 4.79 Å². The van der Waals surface area contributed by atoms with Crippen molar-refractivity contribution in [3.05, 3.63) is 23.1 Å². The van der Waals surface area contributed by atoms with Crippen molar-refractivity contribution in [2.75, 3.05) is 44.2 Å². The molecule has 0 bridgehead atoms. The minimum atomic E-state index is -0.231. The molecule has 0 saturated carbocycles. The van der Waals surface area contributed by atoms with Gasteiger partial charge in [0.15, 0.2) is 5.65 Å². The first-order valence-corrected chi connectivity index (χ1v) is 9.95. The number of anilines is 1. The molecule has 1 aliphatic heterocycles. The average Bonchev–Trinajstić information content (AvgIpc) is 3.15. The Morgan fingerprint density at radius 3 is 2.52 bits per heavy atom. The summed E-state index contributed by atoms with van der Waals surface area (Å²) in [6, 6.07) is 2.04. The van der Waals surface area contributed by atoms with Crippen LogP contribution in [0.5, 0.6) is 0 Å². The molecule has 0 unspecified atom stereocenters. The highest BCUT2D eigenvalue weighted by molar-refractivity contribution is 5.96. The zero-order valence-electron chi connectivity index (χ0n) is 16.9. The second-order valence-corrected chi connectivity index (χ2v) is 7.13. The maximum Gasteiger partial charge on any atom is 0.289 e. The predicted octanol–water partition coefficient (Wildman–Crippen LogP) is 2.31. The number of carbonyl (C=O) groups is 1. The lowest BCUT2D eigenvalue weighted by molar-refractivity contribution is 0.0939. The smallest absolute Gasteiger partial charge is 0.289 e. The van der Waals surface area contributed by atoms with Crippen molar-refractivity contribution in [1.82, 2.24) is 25.2 Å². The van der Waals surface area contributed by atoms with Crippen LogP contribution in [-0.4, -0.2) is 65.0 Å². The lowest BCUT2D eigenvalue weighted by Crippen LogP contribution is -2.34. The van der Waals surface area contributed by atoms with Crippen LogP contribution in [-0.2, 0) is 0 Å². The first-order valence-electron chi connectivity index (χ1n) is 9.95. The van der Waals surface area contributed by atoms with Crippen molar-refractivity contribution in [2.24, 2.45) is 0 Å². The topological polar surface area (TPSA) is 74.2 Å². The second-order valence-electron chi connectivity index (χ2n) is 7.13. The number of hydrogen-bond donors (Lipinski definition) is 1. The van der Waals surface area contributed by atoms with E-state index >= 15 is 0 Å². The number of fused-ring (bicyclic) bond motifs is 1. The molecule has 1 amide bonds. The highest BCUT2D eigenvalue weighted by atomic mass is 16.2. The van der Waals surface area contributed by atoms with Gasteiger partial charge in [-0.1, -0.05) is 0 Å². The summed E-state index contributed by atoms with van der Waals surface area (Å²) in [5.41, 5.74) is 2.57. The van der Waals surface area contributed by atoms with E-state index in [-0.39, 0.29) is 11.7 Å². The Hall–Kier alpha value is -2.28. The lowest BCUT2D eigenvalue weighted by atomic mass is 10.1. The molecule has 27 heavy (non-hydrogen) atoms. The van der Waals surface area contributed by atoms with E-state index in [1.807, 2.05) is 19.9 Å². The minimum Gasteiger partial charge on any atom is -0.356 e. The minimum absolute atomic E-state index is 0.198. The van der Waals surface area contributed by atoms with Crippen LogP contribution < -0.4 is 10.2 Å². The second kappa shape index (κ2) is 8.61. The van der Waals surface area contributed by atoms with Gasteiger partial charge in [-0.2, -0.15) is 0 Å². The van der Waals surface area contributed by atoms with Crippen LogP contribution >= 0.6 is 0 Å². The Morgan fingerprint density at radius 1 is 1.15 bits per heavy atom. The molecule has 0 aromatic carbocycles. The Balaban J connectivity index is 1.89. The van der Waals surface area contributed by atoms with Crippen molar-refractivity contribution in [3.8, 4) is 0 Å². The largest absolute Gasteiger partial charge is 0.356 e. The number of aryl methyl sites for hydroxylation is 2. The molecular formula is C20H30N6O. The quantitative estimate of drug-likeness (QED) is 0.806. The van der Waals surface area contributed by atoms with Crippen LogP contribution in [0, 0.1) is 13.8 Å². The highest BCUT2D eigenvalue weighted by Gasteiger charge is 2.19. The van der Waals surface area contributed by atoms with E-state index < -0.39 is 0 Å². The molecule has 0 spiro atoms. The summed E-state index contributed by atoms with van der Waals surface area (Å²) in [5, 5.41) is 3.90. The number of rotatable bonds is 7. The van der Waals surface area contributed by atoms with E-state index in [1.165, 1.54) is 12.8 Å². The summed E-state index contributed by atoms with van der Waals surface area (Å²) in [4.78, 5) is 30.9. The number of nitrogens with zero attached hydrogens (tertiary/aromatic N) is 5. The number of carbonyl (C=O) groups excluding carboxylic acids is 1. The monoisotopic (exact) mass is 370 g/mol. The Bertz CT molecular complexity index is 812. The number of hydrogen-bond acceptors (Lipinski definition) is 6. The van der Waals surface area contributed by atoms with Crippen LogP contribution in [0.2, 0.25) is 0 Å². The first kappa shape index (κ1) is 19.5. The van der Waals surface area contributed by atoms with Crippen LogP contribution in [0.15, 0.2) is 6.07 Å². The summed E-state index contributed by atoms with van der Waals surface area (Å²) in [6.07, 6.45) is 2.50. The zero-order valence-corrected chi connectivity index (χ0v) is 16.9. The summed E-state index contributed by atoms with van der Waals surface area (Å²) >= 11 is 0. The summed E-state index contributed by atoms with van der Waals surface area (Å²) in [6.45, 7) is 13.5. The zero-order chi connectivity index (χ0) is 19.4. The summed E-state index contributed by atoms with van der Waals surface area (Å²) in [5.74, 6) is 0.758. The SMILES string of the molecule is CCN(CC)c1nc(C(=O)NCCN2CCCC2)nc2nc(C)cc(C)c12. The van der Waals surface area contributed by atoms with Gasteiger partial charge in [0, 0.05) is 31.9 Å². The normalized spacial score (nSPS) is 14.7. The van der Waals surface area contributed by atoms with E-state index in [0.717, 1.165) is 55.2 Å². The molecular weight excluding hydrogens is 340 g/mol. The van der Waals surface area contributed by atoms with Crippen molar-refractivity contribution >= 4 is 22.8 Å². The predicted molar refractivity (Wildman–Crippen MR) is 108 cm³/mol. The molecule has 3 heterocycles. The van der Waals surface area contributed by atoms with Gasteiger partial charge >= 0.3 is 0 Å². The summed E-state index contributed by atoms with van der Waals surface area (Å²) in [7, 11) is 0. The van der Waals surface area contributed by atoms with Gasteiger partial charge in [0.05, 0.1) is 5.39 Å². The number of likely N-dealkylation sites (tertiary alicyclic amines) is 1. The third-order valence-corrected chi connectivity index (χ3v) is 5.15. The standard InChI is InChI=1S/C20H30N6O/c1-5-26(6-2)19-16-14(3)13-15(4)22-17(16)23-18(24-19)20(27)21-9-12-25-10-7-8-11-25/h13H,5-12H2,1-4H3,(H,21,27). The molecule has 1 fully saturated rings. The molecule has 7 heteroatoms. The molecule has 2 aromatic rings. The number of amides is 1. The van der Waals surface area contributed by atoms with E-state index in [1.54, 1.807) is 0 Å². The van der Waals surface area contributed by atoms with Gasteiger partial charge in [-0.15, -0.1) is 0 Å². The fourth-order valence-electron chi connectivity index (χ4n) is 3.72. The molecule has 146 valence electrons. The molecule has 1 aliphatic rings. The number of aromatic nitrogens is 3. The van der Waals surface area contributed by atoms with Crippen molar-refractivity contribution in [1.29, 1.82) is 0 Å². The fourth-order valence-corrected chi connectivity index (χ4v) is 3.72. The van der Waals surface area contributed by atoms with E-state index in [4.69, 9.17) is 0 Å². The maximum atomic E-state index is 12.7. The molecule has 2 aromatic heterocycles. The molecule has 1 saturated heterocycles. The van der Waals surface area contributed by atoms with E-state index in [2.05, 4.69) is 43.9 Å². The maximum absolute atomic E-state index is 12.7. The first-order chi connectivity index (χ1) is 13.0. The highest BCUT2D eigenvalue weighted by Crippen LogP contribution is 2.26. The third-order valence-electron chi connectivity index (χ3n) is 5.15. The Morgan fingerprint density at radius 2 is 1.85 bits per heavy atom. The van der Waals surface area contributed by atoms with Crippen molar-refractivity contribution in [2.45, 2.75) is 40.5 Å². The number of nitrogens with one attached hydrogen (secondary N) is 1. The molecule has 7 nitrogen and oxygen atoms in total. The van der Waals surface area contributed by atoms with Gasteiger partial charge in [-0.25, -0.2) is 15.0 Å². The van der Waals surface area contributed by atoms with Gasteiger partial charge in [-0.3, -0.25) is 4.79 Å². The van der Waals surface area contributed by atoms with Gasteiger partial charge in [-0.05, 0) is 65.3 Å². The third kappa shape index (κ3) is 4.35. The molecule has 3 rings (SSSR count). The lowest BCUT2D eigenvalue weighted by Gasteiger charge is -2.22. The van der Waals surface area contributed by atoms with Crippen LogP contribution in [0.25, 0.3) is 11.0 Å². The average molecular weight is 371 g/mol. The molecule has 0 atom stereocenters. The molecule has 0 aliphatic carbocycles. The van der Waals surface area contributed by atoms with E-state index in [0.29, 0.717) is 12.2 Å². The Labute approximate surface area is 161 Å². The summed E-state index contributed by atoms with van der Waals surface area (Å²) < 4.78 is 0. The van der Waals surface area contributed by atoms with Gasteiger partial charge < -0.3 is 15.1 Å². The van der Waals surface area contributed by atoms with E-state index in [9.17, 15) is 4.79 Å². The Kier molecular flexibility index (Phi) is 6.21. The van der Waals surface area contributed by atoms with Crippen LogP contribution in [0.4, 0.5) is 5.82 Å². The van der Waals surface area contributed by atoms with Gasteiger partial charge in [0.2, 0.25) is 5.82 Å². The molecule has 0 radical (unpaired) electrons. The molecule has 1 N–H and O–H groups in total. The van der Waals surface area contributed by atoms with Gasteiger partial charge in [0.25, 0.3) is 5.91 Å². The van der Waals surface area contributed by atoms with Crippen molar-refractivity contribution in [3.63, 3.8) is 0 Å². The fraction of sp³-hybridized carbons (Fsp3) is 0.600. The van der Waals surface area contributed by atoms with Crippen LogP contribution in [0.1, 0.15) is 48.6 Å². The van der Waals surface area contributed by atoms with Crippen LogP contribution in [0.3, 0.4) is 0 Å².